The van der Waals surface area contributed by atoms with E-state index in [0.29, 0.717) is 24.1 Å². The molecule has 21 heavy (non-hydrogen) atoms. The maximum Gasteiger partial charge on any atom is 0.269 e. The first-order chi connectivity index (χ1) is 10.0. The van der Waals surface area contributed by atoms with Crippen LogP contribution in [0.1, 0.15) is 19.4 Å². The lowest BCUT2D eigenvalue weighted by Gasteiger charge is -2.09. The van der Waals surface area contributed by atoms with Crippen LogP contribution >= 0.6 is 0 Å². The van der Waals surface area contributed by atoms with Gasteiger partial charge in [-0.25, -0.2) is 0 Å². The number of pyridine rings is 1. The third-order valence-electron chi connectivity index (χ3n) is 2.77. The summed E-state index contributed by atoms with van der Waals surface area (Å²) < 4.78 is 5.65. The molecule has 0 bridgehead atoms. The van der Waals surface area contributed by atoms with Crippen LogP contribution in [0.25, 0.3) is 0 Å². The van der Waals surface area contributed by atoms with Gasteiger partial charge in [0.25, 0.3) is 5.69 Å². The molecule has 2 rings (SSSR count). The lowest BCUT2D eigenvalue weighted by molar-refractivity contribution is -0.384. The molecule has 110 valence electrons. The molecule has 0 unspecified atom stereocenters. The molecule has 2 aromatic rings. The highest BCUT2D eigenvalue weighted by Gasteiger charge is 2.06. The Hall–Kier alpha value is -2.47. The second-order valence-corrected chi connectivity index (χ2v) is 4.92. The van der Waals surface area contributed by atoms with Crippen molar-refractivity contribution in [1.82, 2.24) is 10.3 Å². The molecular weight excluding hydrogens is 270 g/mol. The van der Waals surface area contributed by atoms with Crippen LogP contribution in [0.4, 0.5) is 5.69 Å². The first kappa shape index (κ1) is 14.9. The van der Waals surface area contributed by atoms with Gasteiger partial charge in [0.15, 0.2) is 0 Å². The van der Waals surface area contributed by atoms with Crippen molar-refractivity contribution in [2.75, 3.05) is 0 Å². The van der Waals surface area contributed by atoms with Gasteiger partial charge in [0, 0.05) is 30.9 Å². The van der Waals surface area contributed by atoms with Gasteiger partial charge in [-0.15, -0.1) is 0 Å². The van der Waals surface area contributed by atoms with Crippen LogP contribution in [-0.4, -0.2) is 15.9 Å². The Morgan fingerprint density at radius 2 is 1.95 bits per heavy atom. The minimum Gasteiger partial charge on any atom is -0.456 e. The molecule has 6 nitrogen and oxygen atoms in total. The van der Waals surface area contributed by atoms with E-state index in [1.54, 1.807) is 24.5 Å². The minimum atomic E-state index is -0.441. The van der Waals surface area contributed by atoms with Gasteiger partial charge in [0.05, 0.1) is 11.1 Å². The first-order valence-corrected chi connectivity index (χ1v) is 6.64. The number of hydrogen-bond acceptors (Lipinski definition) is 5. The minimum absolute atomic E-state index is 0.0374. The highest BCUT2D eigenvalue weighted by Crippen LogP contribution is 2.23. The molecule has 1 N–H and O–H groups in total. The summed E-state index contributed by atoms with van der Waals surface area (Å²) in [5, 5.41) is 13.9. The van der Waals surface area contributed by atoms with Gasteiger partial charge in [-0.3, -0.25) is 15.1 Å². The predicted molar refractivity (Wildman–Crippen MR) is 79.4 cm³/mol. The summed E-state index contributed by atoms with van der Waals surface area (Å²) in [7, 11) is 0. The lowest BCUT2D eigenvalue weighted by atomic mass is 10.2. The van der Waals surface area contributed by atoms with Crippen LogP contribution in [-0.2, 0) is 6.54 Å². The molecule has 1 aromatic heterocycles. The molecule has 0 amide bonds. The molecule has 1 aromatic carbocycles. The van der Waals surface area contributed by atoms with E-state index >= 15 is 0 Å². The molecule has 0 atom stereocenters. The van der Waals surface area contributed by atoms with E-state index in [1.807, 2.05) is 6.07 Å². The van der Waals surface area contributed by atoms with Gasteiger partial charge in [-0.05, 0) is 23.8 Å². The third-order valence-corrected chi connectivity index (χ3v) is 2.77. The Morgan fingerprint density at radius 3 is 2.57 bits per heavy atom. The fourth-order valence-corrected chi connectivity index (χ4v) is 1.71. The van der Waals surface area contributed by atoms with Crippen molar-refractivity contribution in [2.24, 2.45) is 0 Å². The summed E-state index contributed by atoms with van der Waals surface area (Å²) in [6, 6.07) is 8.24. The van der Waals surface area contributed by atoms with Crippen molar-refractivity contribution in [2.45, 2.75) is 26.4 Å². The summed E-state index contributed by atoms with van der Waals surface area (Å²) in [4.78, 5) is 14.3. The van der Waals surface area contributed by atoms with Gasteiger partial charge < -0.3 is 10.1 Å². The van der Waals surface area contributed by atoms with Gasteiger partial charge in [-0.2, -0.15) is 0 Å². The standard InChI is InChI=1S/C15H17N3O3/c1-11(2)17-9-12-7-15(10-16-8-12)21-14-5-3-13(4-6-14)18(19)20/h3-8,10-11,17H,9H2,1-2H3. The zero-order valence-electron chi connectivity index (χ0n) is 11.9. The van der Waals surface area contributed by atoms with Gasteiger partial charge >= 0.3 is 0 Å². The highest BCUT2D eigenvalue weighted by molar-refractivity contribution is 5.38. The van der Waals surface area contributed by atoms with Crippen LogP contribution in [0.5, 0.6) is 11.5 Å². The van der Waals surface area contributed by atoms with Gasteiger partial charge in [0.1, 0.15) is 11.5 Å². The van der Waals surface area contributed by atoms with E-state index in [2.05, 4.69) is 24.1 Å². The molecule has 6 heteroatoms. The molecule has 0 radical (unpaired) electrons. The second-order valence-electron chi connectivity index (χ2n) is 4.92. The number of nitro benzene ring substituents is 1. The monoisotopic (exact) mass is 287 g/mol. The number of non-ortho nitro benzene ring substituents is 1. The second kappa shape index (κ2) is 6.81. The fourth-order valence-electron chi connectivity index (χ4n) is 1.71. The Labute approximate surface area is 122 Å². The largest absolute Gasteiger partial charge is 0.456 e. The highest BCUT2D eigenvalue weighted by atomic mass is 16.6. The Morgan fingerprint density at radius 1 is 1.24 bits per heavy atom. The van der Waals surface area contributed by atoms with E-state index in [-0.39, 0.29) is 5.69 Å². The van der Waals surface area contributed by atoms with Crippen molar-refractivity contribution in [3.05, 3.63) is 58.4 Å². The Bertz CT molecular complexity index is 612. The SMILES string of the molecule is CC(C)NCc1cncc(Oc2ccc([N+](=O)[O-])cc2)c1. The van der Waals surface area contributed by atoms with Crippen molar-refractivity contribution < 1.29 is 9.66 Å². The van der Waals surface area contributed by atoms with Crippen molar-refractivity contribution in [3.63, 3.8) is 0 Å². The number of hydrogen-bond donors (Lipinski definition) is 1. The molecule has 0 aliphatic heterocycles. The van der Waals surface area contributed by atoms with Gasteiger partial charge in [-0.1, -0.05) is 13.8 Å². The van der Waals surface area contributed by atoms with Gasteiger partial charge in [0.2, 0.25) is 0 Å². The number of nitrogens with zero attached hydrogens (tertiary/aromatic N) is 2. The van der Waals surface area contributed by atoms with Crippen LogP contribution in [0, 0.1) is 10.1 Å². The molecule has 0 fully saturated rings. The maximum atomic E-state index is 10.6. The van der Waals surface area contributed by atoms with E-state index in [1.165, 1.54) is 12.1 Å². The summed E-state index contributed by atoms with van der Waals surface area (Å²) in [6.45, 7) is 4.86. The topological polar surface area (TPSA) is 77.3 Å². The van der Waals surface area contributed by atoms with E-state index in [0.717, 1.165) is 5.56 Å². The van der Waals surface area contributed by atoms with Crippen molar-refractivity contribution in [1.29, 1.82) is 0 Å². The molecule has 0 spiro atoms. The van der Waals surface area contributed by atoms with Crippen molar-refractivity contribution >= 4 is 5.69 Å². The lowest BCUT2D eigenvalue weighted by Crippen LogP contribution is -2.21. The summed E-state index contributed by atoms with van der Waals surface area (Å²) in [5.41, 5.74) is 1.05. The summed E-state index contributed by atoms with van der Waals surface area (Å²) in [6.07, 6.45) is 3.39. The molecular formula is C15H17N3O3. The number of rotatable bonds is 6. The van der Waals surface area contributed by atoms with E-state index in [9.17, 15) is 10.1 Å². The Balaban J connectivity index is 2.05. The molecule has 1 heterocycles. The average molecular weight is 287 g/mol. The smallest absolute Gasteiger partial charge is 0.269 e. The first-order valence-electron chi connectivity index (χ1n) is 6.64. The maximum absolute atomic E-state index is 10.6. The Kier molecular flexibility index (Phi) is 4.84. The number of nitrogens with one attached hydrogen (secondary N) is 1. The zero-order chi connectivity index (χ0) is 15.2. The molecule has 0 saturated heterocycles. The third kappa shape index (κ3) is 4.54. The fraction of sp³-hybridized carbons (Fsp3) is 0.267. The molecule has 0 saturated carbocycles. The molecule has 0 aliphatic rings. The van der Waals surface area contributed by atoms with Crippen LogP contribution < -0.4 is 10.1 Å². The summed E-state index contributed by atoms with van der Waals surface area (Å²) >= 11 is 0. The molecule has 0 aliphatic carbocycles. The number of benzene rings is 1. The average Bonchev–Trinajstić information content (AvgIpc) is 2.46. The van der Waals surface area contributed by atoms with Crippen LogP contribution in [0.3, 0.4) is 0 Å². The number of nitro groups is 1. The predicted octanol–water partition coefficient (Wildman–Crippen LogP) is 3.28. The van der Waals surface area contributed by atoms with Crippen molar-refractivity contribution in [3.8, 4) is 11.5 Å². The quantitative estimate of drug-likeness (QED) is 0.651. The number of ether oxygens (including phenoxy) is 1. The summed E-state index contributed by atoms with van der Waals surface area (Å²) in [5.74, 6) is 1.14. The van der Waals surface area contributed by atoms with E-state index in [4.69, 9.17) is 4.74 Å². The normalized spacial score (nSPS) is 10.6. The number of aromatic nitrogens is 1. The van der Waals surface area contributed by atoms with E-state index < -0.39 is 4.92 Å². The zero-order valence-corrected chi connectivity index (χ0v) is 11.9. The van der Waals surface area contributed by atoms with Crippen LogP contribution in [0.15, 0.2) is 42.7 Å². The van der Waals surface area contributed by atoms with Crippen LogP contribution in [0.2, 0.25) is 0 Å².